The normalized spacial score (nSPS) is 14.8. The van der Waals surface area contributed by atoms with Gasteiger partial charge in [-0.05, 0) is 37.5 Å². The Labute approximate surface area is 93.8 Å². The Bertz CT molecular complexity index is 388. The maximum atomic E-state index is 11.5. The van der Waals surface area contributed by atoms with E-state index >= 15 is 0 Å². The van der Waals surface area contributed by atoms with Crippen molar-refractivity contribution in [3.63, 3.8) is 0 Å². The number of rotatable bonds is 2. The molecule has 0 aromatic heterocycles. The van der Waals surface area contributed by atoms with Crippen molar-refractivity contribution >= 4 is 23.3 Å². The molecule has 0 bridgehead atoms. The number of anilines is 1. The molecule has 1 aliphatic rings. The molecule has 2 amide bonds. The summed E-state index contributed by atoms with van der Waals surface area (Å²) in [4.78, 5) is 11.5. The lowest BCUT2D eigenvalue weighted by Crippen LogP contribution is -2.30. The van der Waals surface area contributed by atoms with Crippen molar-refractivity contribution in [1.82, 2.24) is 5.32 Å². The first-order valence-corrected chi connectivity index (χ1v) is 5.37. The molecule has 0 aliphatic heterocycles. The Morgan fingerprint density at radius 1 is 1.47 bits per heavy atom. The van der Waals surface area contributed by atoms with E-state index < -0.39 is 0 Å². The van der Waals surface area contributed by atoms with E-state index in [1.54, 1.807) is 6.07 Å². The predicted octanol–water partition coefficient (Wildman–Crippen LogP) is 2.93. The van der Waals surface area contributed by atoms with Crippen LogP contribution in [0.3, 0.4) is 0 Å². The molecular weight excluding hydrogens is 212 g/mol. The molecule has 1 aromatic carbocycles. The zero-order valence-corrected chi connectivity index (χ0v) is 9.27. The topological polar surface area (TPSA) is 41.1 Å². The van der Waals surface area contributed by atoms with Crippen LogP contribution in [0.15, 0.2) is 18.2 Å². The van der Waals surface area contributed by atoms with Gasteiger partial charge in [-0.25, -0.2) is 4.79 Å². The molecule has 0 saturated heterocycles. The van der Waals surface area contributed by atoms with Crippen LogP contribution in [-0.2, 0) is 0 Å². The van der Waals surface area contributed by atoms with Crippen LogP contribution < -0.4 is 10.6 Å². The van der Waals surface area contributed by atoms with Crippen LogP contribution in [-0.4, -0.2) is 12.1 Å². The van der Waals surface area contributed by atoms with Gasteiger partial charge in [-0.2, -0.15) is 0 Å². The van der Waals surface area contributed by atoms with Crippen LogP contribution >= 0.6 is 11.6 Å². The van der Waals surface area contributed by atoms with Crippen LogP contribution in [0, 0.1) is 6.92 Å². The monoisotopic (exact) mass is 224 g/mol. The molecule has 4 heteroatoms. The average molecular weight is 225 g/mol. The third-order valence-electron chi connectivity index (χ3n) is 2.43. The van der Waals surface area contributed by atoms with Crippen LogP contribution in [0.2, 0.25) is 5.02 Å². The maximum Gasteiger partial charge on any atom is 0.319 e. The first kappa shape index (κ1) is 10.3. The molecule has 2 N–H and O–H groups in total. The second-order valence-electron chi connectivity index (χ2n) is 3.79. The third-order valence-corrected chi connectivity index (χ3v) is 2.84. The fourth-order valence-corrected chi connectivity index (χ4v) is 1.49. The van der Waals surface area contributed by atoms with Crippen molar-refractivity contribution in [2.24, 2.45) is 0 Å². The molecule has 0 unspecified atom stereocenters. The zero-order chi connectivity index (χ0) is 10.8. The molecule has 0 atom stereocenters. The summed E-state index contributed by atoms with van der Waals surface area (Å²) in [6.45, 7) is 1.88. The summed E-state index contributed by atoms with van der Waals surface area (Å²) in [6, 6.07) is 5.68. The summed E-state index contributed by atoms with van der Waals surface area (Å²) < 4.78 is 0. The third kappa shape index (κ3) is 2.63. The number of carbonyl (C=O) groups is 1. The molecule has 80 valence electrons. The summed E-state index contributed by atoms with van der Waals surface area (Å²) in [6.07, 6.45) is 2.17. The molecule has 0 radical (unpaired) electrons. The summed E-state index contributed by atoms with van der Waals surface area (Å²) in [7, 11) is 0. The predicted molar refractivity (Wildman–Crippen MR) is 61.4 cm³/mol. The van der Waals surface area contributed by atoms with Gasteiger partial charge in [0.15, 0.2) is 0 Å². The fraction of sp³-hybridized carbons (Fsp3) is 0.364. The number of hydrogen-bond acceptors (Lipinski definition) is 1. The van der Waals surface area contributed by atoms with Gasteiger partial charge in [0.1, 0.15) is 0 Å². The molecule has 1 saturated carbocycles. The van der Waals surface area contributed by atoms with E-state index in [9.17, 15) is 4.79 Å². The second-order valence-corrected chi connectivity index (χ2v) is 4.19. The fourth-order valence-electron chi connectivity index (χ4n) is 1.31. The van der Waals surface area contributed by atoms with Crippen LogP contribution in [0.4, 0.5) is 10.5 Å². The highest BCUT2D eigenvalue weighted by atomic mass is 35.5. The van der Waals surface area contributed by atoms with Crippen molar-refractivity contribution < 1.29 is 4.79 Å². The van der Waals surface area contributed by atoms with E-state index in [0.717, 1.165) is 24.1 Å². The highest BCUT2D eigenvalue weighted by Gasteiger charge is 2.23. The Hall–Kier alpha value is -1.22. The Morgan fingerprint density at radius 3 is 2.87 bits per heavy atom. The molecule has 0 spiro atoms. The molecule has 0 heterocycles. The molecule has 2 rings (SSSR count). The van der Waals surface area contributed by atoms with E-state index in [1.807, 2.05) is 19.1 Å². The van der Waals surface area contributed by atoms with E-state index in [1.165, 1.54) is 0 Å². The van der Waals surface area contributed by atoms with Crippen molar-refractivity contribution in [2.45, 2.75) is 25.8 Å². The molecular formula is C11H13ClN2O. The standard InChI is InChI=1S/C11H13ClN2O/c1-7-9(12)3-2-4-10(7)14-11(15)13-8-5-6-8/h2-4,8H,5-6H2,1H3,(H2,13,14,15). The van der Waals surface area contributed by atoms with Gasteiger partial charge in [-0.3, -0.25) is 0 Å². The quantitative estimate of drug-likeness (QED) is 0.797. The van der Waals surface area contributed by atoms with Gasteiger partial charge in [0.2, 0.25) is 0 Å². The smallest absolute Gasteiger partial charge is 0.319 e. The molecule has 1 aromatic rings. The lowest BCUT2D eigenvalue weighted by atomic mass is 10.2. The first-order valence-electron chi connectivity index (χ1n) is 4.99. The molecule has 1 aliphatic carbocycles. The minimum Gasteiger partial charge on any atom is -0.335 e. The van der Waals surface area contributed by atoms with Crippen LogP contribution in [0.1, 0.15) is 18.4 Å². The van der Waals surface area contributed by atoms with Crippen LogP contribution in [0.5, 0.6) is 0 Å². The molecule has 1 fully saturated rings. The van der Waals surface area contributed by atoms with Gasteiger partial charge >= 0.3 is 6.03 Å². The maximum absolute atomic E-state index is 11.5. The lowest BCUT2D eigenvalue weighted by Gasteiger charge is -2.09. The van der Waals surface area contributed by atoms with Gasteiger partial charge in [-0.15, -0.1) is 0 Å². The molecule has 15 heavy (non-hydrogen) atoms. The highest BCUT2D eigenvalue weighted by Crippen LogP contribution is 2.23. The van der Waals surface area contributed by atoms with Crippen molar-refractivity contribution in [1.29, 1.82) is 0 Å². The molecule has 3 nitrogen and oxygen atoms in total. The average Bonchev–Trinajstić information content (AvgIpc) is 2.97. The van der Waals surface area contributed by atoms with Crippen molar-refractivity contribution in [2.75, 3.05) is 5.32 Å². The van der Waals surface area contributed by atoms with E-state index in [2.05, 4.69) is 10.6 Å². The van der Waals surface area contributed by atoms with Gasteiger partial charge in [0, 0.05) is 16.8 Å². The van der Waals surface area contributed by atoms with E-state index in [0.29, 0.717) is 11.1 Å². The van der Waals surface area contributed by atoms with Gasteiger partial charge in [-0.1, -0.05) is 17.7 Å². The Kier molecular flexibility index (Phi) is 2.82. The number of halogens is 1. The second kappa shape index (κ2) is 4.11. The summed E-state index contributed by atoms with van der Waals surface area (Å²) >= 11 is 5.94. The zero-order valence-electron chi connectivity index (χ0n) is 8.51. The minimum atomic E-state index is -0.150. The summed E-state index contributed by atoms with van der Waals surface area (Å²) in [5.41, 5.74) is 1.66. The summed E-state index contributed by atoms with van der Waals surface area (Å²) in [5.74, 6) is 0. The number of benzene rings is 1. The largest absolute Gasteiger partial charge is 0.335 e. The highest BCUT2D eigenvalue weighted by molar-refractivity contribution is 6.31. The van der Waals surface area contributed by atoms with Gasteiger partial charge in [0.25, 0.3) is 0 Å². The SMILES string of the molecule is Cc1c(Cl)cccc1NC(=O)NC1CC1. The van der Waals surface area contributed by atoms with Gasteiger partial charge in [0.05, 0.1) is 0 Å². The van der Waals surface area contributed by atoms with Crippen LogP contribution in [0.25, 0.3) is 0 Å². The Balaban J connectivity index is 2.02. The number of urea groups is 1. The van der Waals surface area contributed by atoms with Crippen molar-refractivity contribution in [3.05, 3.63) is 28.8 Å². The number of amides is 2. The Morgan fingerprint density at radius 2 is 2.20 bits per heavy atom. The van der Waals surface area contributed by atoms with E-state index in [-0.39, 0.29) is 6.03 Å². The van der Waals surface area contributed by atoms with Gasteiger partial charge < -0.3 is 10.6 Å². The number of nitrogens with one attached hydrogen (secondary N) is 2. The minimum absolute atomic E-state index is 0.150. The lowest BCUT2D eigenvalue weighted by molar-refractivity contribution is 0.251. The van der Waals surface area contributed by atoms with E-state index in [4.69, 9.17) is 11.6 Å². The summed E-state index contributed by atoms with van der Waals surface area (Å²) in [5, 5.41) is 6.31. The first-order chi connectivity index (χ1) is 7.16. The number of carbonyl (C=O) groups excluding carboxylic acids is 1. The number of hydrogen-bond donors (Lipinski definition) is 2. The van der Waals surface area contributed by atoms with Crippen molar-refractivity contribution in [3.8, 4) is 0 Å².